The lowest BCUT2D eigenvalue weighted by Gasteiger charge is -2.26. The van der Waals surface area contributed by atoms with Crippen molar-refractivity contribution in [1.82, 2.24) is 4.57 Å². The number of nitrogens with zero attached hydrogens (tertiary/aromatic N) is 2. The number of carbonyl (C=O) groups excluding carboxylic acids is 2. The summed E-state index contributed by atoms with van der Waals surface area (Å²) in [6.45, 7) is 0. The quantitative estimate of drug-likeness (QED) is 0.512. The summed E-state index contributed by atoms with van der Waals surface area (Å²) in [5.41, 5.74) is 2.32. The summed E-state index contributed by atoms with van der Waals surface area (Å²) in [7, 11) is 1.91. The van der Waals surface area contributed by atoms with Crippen molar-refractivity contribution in [1.29, 1.82) is 0 Å². The maximum absolute atomic E-state index is 13.3. The molecule has 1 amide bonds. The van der Waals surface area contributed by atoms with Crippen LogP contribution in [0.25, 0.3) is 10.9 Å². The third-order valence-electron chi connectivity index (χ3n) is 5.45. The molecule has 0 spiro atoms. The van der Waals surface area contributed by atoms with Crippen LogP contribution in [0.5, 0.6) is 0 Å². The van der Waals surface area contributed by atoms with Crippen LogP contribution in [0.2, 0.25) is 0 Å². The number of hydrogen-bond acceptors (Lipinski definition) is 4. The largest absolute Gasteiger partial charge is 0.503 e. The summed E-state index contributed by atoms with van der Waals surface area (Å²) in [6, 6.07) is 19.1. The lowest BCUT2D eigenvalue weighted by atomic mass is 9.94. The number of anilines is 1. The van der Waals surface area contributed by atoms with Gasteiger partial charge in [-0.05, 0) is 30.3 Å². The zero-order valence-electron chi connectivity index (χ0n) is 16.1. The number of hydrogen-bond donors (Lipinski definition) is 1. The zero-order chi connectivity index (χ0) is 20.8. The molecule has 0 saturated carbocycles. The maximum atomic E-state index is 13.3. The Bertz CT molecular complexity index is 1300. The van der Waals surface area contributed by atoms with E-state index in [2.05, 4.69) is 0 Å². The van der Waals surface area contributed by atoms with E-state index in [1.807, 2.05) is 60.3 Å². The number of furan rings is 1. The van der Waals surface area contributed by atoms with Crippen LogP contribution in [0.1, 0.15) is 22.2 Å². The Morgan fingerprint density at radius 3 is 2.47 bits per heavy atom. The van der Waals surface area contributed by atoms with Crippen LogP contribution in [0, 0.1) is 0 Å². The van der Waals surface area contributed by atoms with Crippen molar-refractivity contribution in [2.45, 2.75) is 6.04 Å². The van der Waals surface area contributed by atoms with Gasteiger partial charge in [0, 0.05) is 35.4 Å². The van der Waals surface area contributed by atoms with Gasteiger partial charge in [0.1, 0.15) is 0 Å². The van der Waals surface area contributed by atoms with Crippen molar-refractivity contribution in [3.8, 4) is 0 Å². The predicted octanol–water partition coefficient (Wildman–Crippen LogP) is 4.55. The molecule has 148 valence electrons. The van der Waals surface area contributed by atoms with Crippen molar-refractivity contribution in [3.05, 3.63) is 102 Å². The van der Waals surface area contributed by atoms with Crippen LogP contribution in [-0.2, 0) is 11.8 Å². The molecule has 1 unspecified atom stereocenters. The van der Waals surface area contributed by atoms with Gasteiger partial charge in [-0.25, -0.2) is 0 Å². The average Bonchev–Trinajstić information content (AvgIpc) is 3.47. The first-order valence-corrected chi connectivity index (χ1v) is 9.52. The molecule has 1 atom stereocenters. The molecular weight excluding hydrogens is 380 g/mol. The highest BCUT2D eigenvalue weighted by Gasteiger charge is 2.46. The summed E-state index contributed by atoms with van der Waals surface area (Å²) < 4.78 is 7.23. The average molecular weight is 398 g/mol. The van der Waals surface area contributed by atoms with Crippen molar-refractivity contribution in [3.63, 3.8) is 0 Å². The topological polar surface area (TPSA) is 75.7 Å². The van der Waals surface area contributed by atoms with Gasteiger partial charge in [0.25, 0.3) is 5.91 Å². The van der Waals surface area contributed by atoms with Gasteiger partial charge >= 0.3 is 0 Å². The molecule has 0 fully saturated rings. The molecule has 0 aliphatic carbocycles. The first kappa shape index (κ1) is 18.0. The van der Waals surface area contributed by atoms with E-state index in [0.29, 0.717) is 5.69 Å². The van der Waals surface area contributed by atoms with E-state index in [1.165, 1.54) is 17.2 Å². The Kier molecular flexibility index (Phi) is 4.06. The lowest BCUT2D eigenvalue weighted by Crippen LogP contribution is -2.30. The smallest absolute Gasteiger partial charge is 0.294 e. The minimum absolute atomic E-state index is 0.00940. The first-order valence-electron chi connectivity index (χ1n) is 9.52. The molecule has 1 aliphatic heterocycles. The number of benzene rings is 2. The molecule has 3 heterocycles. The van der Waals surface area contributed by atoms with Gasteiger partial charge in [-0.3, -0.25) is 14.5 Å². The van der Waals surface area contributed by atoms with Crippen LogP contribution >= 0.6 is 0 Å². The molecule has 0 radical (unpaired) electrons. The molecule has 6 heteroatoms. The van der Waals surface area contributed by atoms with E-state index in [9.17, 15) is 14.7 Å². The van der Waals surface area contributed by atoms with E-state index >= 15 is 0 Å². The molecule has 30 heavy (non-hydrogen) atoms. The molecule has 4 aromatic rings. The van der Waals surface area contributed by atoms with Gasteiger partial charge in [0.15, 0.2) is 11.5 Å². The number of aliphatic hydroxyl groups is 1. The number of aryl methyl sites for hydroxylation is 1. The summed E-state index contributed by atoms with van der Waals surface area (Å²) in [5.74, 6) is -1.61. The van der Waals surface area contributed by atoms with Crippen LogP contribution in [0.4, 0.5) is 5.69 Å². The second-order valence-electron chi connectivity index (χ2n) is 7.19. The summed E-state index contributed by atoms with van der Waals surface area (Å²) >= 11 is 0. The second-order valence-corrected chi connectivity index (χ2v) is 7.19. The number of para-hydroxylation sites is 2. The lowest BCUT2D eigenvalue weighted by molar-refractivity contribution is -0.117. The van der Waals surface area contributed by atoms with E-state index in [0.717, 1.165) is 16.5 Å². The maximum Gasteiger partial charge on any atom is 0.294 e. The minimum Gasteiger partial charge on any atom is -0.503 e. The van der Waals surface area contributed by atoms with E-state index < -0.39 is 23.5 Å². The summed E-state index contributed by atoms with van der Waals surface area (Å²) in [6.07, 6.45) is 3.29. The highest BCUT2D eigenvalue weighted by atomic mass is 16.3. The van der Waals surface area contributed by atoms with Crippen LogP contribution in [-0.4, -0.2) is 21.4 Å². The number of aromatic nitrogens is 1. The summed E-state index contributed by atoms with van der Waals surface area (Å²) in [5, 5.41) is 11.7. The Labute approximate surface area is 172 Å². The summed E-state index contributed by atoms with van der Waals surface area (Å²) in [4.78, 5) is 27.9. The normalized spacial score (nSPS) is 16.6. The Morgan fingerprint density at radius 1 is 1.00 bits per heavy atom. The predicted molar refractivity (Wildman–Crippen MR) is 112 cm³/mol. The first-order chi connectivity index (χ1) is 14.6. The van der Waals surface area contributed by atoms with Crippen molar-refractivity contribution < 1.29 is 19.1 Å². The third kappa shape index (κ3) is 2.58. The fraction of sp³-hybridized carbons (Fsp3) is 0.0833. The highest BCUT2D eigenvalue weighted by Crippen LogP contribution is 2.44. The number of fused-ring (bicyclic) bond motifs is 1. The number of Topliss-reactive ketones (excluding diaryl/α,β-unsaturated/α-hetero) is 1. The fourth-order valence-corrected chi connectivity index (χ4v) is 4.12. The van der Waals surface area contributed by atoms with Gasteiger partial charge in [-0.2, -0.15) is 0 Å². The Hall–Kier alpha value is -4.06. The number of amides is 1. The van der Waals surface area contributed by atoms with Crippen molar-refractivity contribution in [2.75, 3.05) is 4.90 Å². The number of aliphatic hydroxyl groups excluding tert-OH is 1. The van der Waals surface area contributed by atoms with Crippen LogP contribution in [0.15, 0.2) is 94.9 Å². The molecule has 1 N–H and O–H groups in total. The van der Waals surface area contributed by atoms with E-state index in [4.69, 9.17) is 4.42 Å². The minimum atomic E-state index is -0.788. The van der Waals surface area contributed by atoms with E-state index in [-0.39, 0.29) is 11.3 Å². The van der Waals surface area contributed by atoms with Gasteiger partial charge in [-0.1, -0.05) is 36.4 Å². The monoisotopic (exact) mass is 398 g/mol. The standard InChI is InChI=1S/C24H18N2O4/c1-25-14-17(16-10-5-6-11-18(16)25)21-20(22(27)19-12-7-13-30-19)23(28)24(29)26(21)15-8-3-2-4-9-15/h2-14,21,28H,1H3. The molecule has 2 aromatic heterocycles. The third-order valence-corrected chi connectivity index (χ3v) is 5.45. The molecule has 6 nitrogen and oxygen atoms in total. The van der Waals surface area contributed by atoms with Gasteiger partial charge < -0.3 is 14.1 Å². The zero-order valence-corrected chi connectivity index (χ0v) is 16.1. The van der Waals surface area contributed by atoms with Gasteiger partial charge in [0.05, 0.1) is 17.9 Å². The molecule has 5 rings (SSSR count). The Balaban J connectivity index is 1.77. The fourth-order valence-electron chi connectivity index (χ4n) is 4.12. The number of ketones is 1. The van der Waals surface area contributed by atoms with E-state index in [1.54, 1.807) is 18.2 Å². The molecule has 0 saturated heterocycles. The molecule has 2 aromatic carbocycles. The molecule has 1 aliphatic rings. The molecular formula is C24H18N2O4. The van der Waals surface area contributed by atoms with Crippen molar-refractivity contribution in [2.24, 2.45) is 7.05 Å². The van der Waals surface area contributed by atoms with Gasteiger partial charge in [0.2, 0.25) is 5.78 Å². The molecule has 0 bridgehead atoms. The highest BCUT2D eigenvalue weighted by molar-refractivity contribution is 6.20. The van der Waals surface area contributed by atoms with Crippen LogP contribution in [0.3, 0.4) is 0 Å². The SMILES string of the molecule is Cn1cc(C2C(C(=O)c3ccco3)=C(O)C(=O)N2c2ccccc2)c2ccccc21. The van der Waals surface area contributed by atoms with Gasteiger partial charge in [-0.15, -0.1) is 0 Å². The Morgan fingerprint density at radius 2 is 1.73 bits per heavy atom. The second kappa shape index (κ2) is 6.77. The number of carbonyl (C=O) groups is 2. The van der Waals surface area contributed by atoms with Crippen LogP contribution < -0.4 is 4.90 Å². The van der Waals surface area contributed by atoms with Crippen molar-refractivity contribution >= 4 is 28.3 Å². The number of rotatable bonds is 4.